The quantitative estimate of drug-likeness (QED) is 0.179. The van der Waals surface area contributed by atoms with Gasteiger partial charge in [-0.25, -0.2) is 0 Å². The van der Waals surface area contributed by atoms with Crippen LogP contribution in [0.5, 0.6) is 17.2 Å². The van der Waals surface area contributed by atoms with Crippen molar-refractivity contribution in [1.29, 1.82) is 0 Å². The van der Waals surface area contributed by atoms with Gasteiger partial charge in [-0.3, -0.25) is 19.7 Å². The molecule has 0 bridgehead atoms. The third-order valence-electron chi connectivity index (χ3n) is 5.73. The molecule has 9 heteroatoms. The van der Waals surface area contributed by atoms with Crippen molar-refractivity contribution >= 4 is 22.6 Å². The van der Waals surface area contributed by atoms with Crippen molar-refractivity contribution in [3.8, 4) is 28.4 Å². The third kappa shape index (κ3) is 4.31. The Bertz CT molecular complexity index is 1500. The lowest BCUT2D eigenvalue weighted by atomic mass is 9.83. The van der Waals surface area contributed by atoms with Crippen molar-refractivity contribution in [3.63, 3.8) is 0 Å². The van der Waals surface area contributed by atoms with Gasteiger partial charge in [-0.1, -0.05) is 30.3 Å². The summed E-state index contributed by atoms with van der Waals surface area (Å²) in [5.41, 5.74) is -1.07. The number of rotatable bonds is 6. The van der Waals surface area contributed by atoms with E-state index in [1.165, 1.54) is 51.5 Å². The van der Waals surface area contributed by atoms with Crippen LogP contribution in [0.4, 0.5) is 5.69 Å². The standard InChI is InChI=1S/C26H21NO8/c1-26(2,19-6-4-5-7-20(19)27(31)32)25(30)35-17-12-21(28)23-22(13-17)34-14-18(24(23)29)15-8-10-16(33-3)11-9-15/h4-14,28H,1-3H3. The zero-order valence-corrected chi connectivity index (χ0v) is 19.1. The zero-order chi connectivity index (χ0) is 25.3. The summed E-state index contributed by atoms with van der Waals surface area (Å²) in [7, 11) is 1.53. The SMILES string of the molecule is COc1ccc(-c2coc3cc(OC(=O)C(C)(C)c4ccccc4[N+](=O)[O-])cc(O)c3c2=O)cc1. The van der Waals surface area contributed by atoms with Crippen LogP contribution in [-0.2, 0) is 10.2 Å². The molecule has 4 aromatic rings. The topological polar surface area (TPSA) is 129 Å². The van der Waals surface area contributed by atoms with Crippen LogP contribution in [0.25, 0.3) is 22.1 Å². The number of carbonyl (C=O) groups is 1. The predicted octanol–water partition coefficient (Wildman–Crippen LogP) is 4.97. The minimum absolute atomic E-state index is 0.0126. The number of hydrogen-bond donors (Lipinski definition) is 1. The molecule has 0 saturated carbocycles. The second kappa shape index (κ2) is 8.94. The molecule has 0 saturated heterocycles. The summed E-state index contributed by atoms with van der Waals surface area (Å²) in [4.78, 5) is 36.9. The predicted molar refractivity (Wildman–Crippen MR) is 128 cm³/mol. The van der Waals surface area contributed by atoms with E-state index in [4.69, 9.17) is 13.9 Å². The van der Waals surface area contributed by atoms with E-state index < -0.39 is 27.5 Å². The van der Waals surface area contributed by atoms with Gasteiger partial charge in [0, 0.05) is 23.8 Å². The number of nitro groups is 1. The Morgan fingerprint density at radius 2 is 1.74 bits per heavy atom. The molecule has 35 heavy (non-hydrogen) atoms. The Morgan fingerprint density at radius 3 is 2.40 bits per heavy atom. The highest BCUT2D eigenvalue weighted by Gasteiger charge is 2.37. The number of benzene rings is 3. The molecular formula is C26H21NO8. The minimum atomic E-state index is -1.38. The Labute approximate surface area is 199 Å². The van der Waals surface area contributed by atoms with Gasteiger partial charge in [-0.15, -0.1) is 0 Å². The van der Waals surface area contributed by atoms with Gasteiger partial charge in [-0.05, 0) is 31.5 Å². The first-order chi connectivity index (χ1) is 16.6. The molecule has 0 aliphatic rings. The summed E-state index contributed by atoms with van der Waals surface area (Å²) in [5, 5.41) is 21.9. The second-order valence-corrected chi connectivity index (χ2v) is 8.31. The summed E-state index contributed by atoms with van der Waals surface area (Å²) < 4.78 is 16.2. The summed E-state index contributed by atoms with van der Waals surface area (Å²) in [6.45, 7) is 3.00. The molecule has 0 amide bonds. The van der Waals surface area contributed by atoms with E-state index in [0.29, 0.717) is 11.3 Å². The Hall–Kier alpha value is -4.66. The van der Waals surface area contributed by atoms with E-state index >= 15 is 0 Å². The highest BCUT2D eigenvalue weighted by atomic mass is 16.6. The van der Waals surface area contributed by atoms with Crippen molar-refractivity contribution in [1.82, 2.24) is 0 Å². The number of phenols is 1. The number of methoxy groups -OCH3 is 1. The normalized spacial score (nSPS) is 11.3. The van der Waals surface area contributed by atoms with Crippen LogP contribution in [0.3, 0.4) is 0 Å². The molecule has 1 aromatic heterocycles. The highest BCUT2D eigenvalue weighted by Crippen LogP contribution is 2.35. The van der Waals surface area contributed by atoms with Crippen LogP contribution >= 0.6 is 0 Å². The molecule has 1 N–H and O–H groups in total. The fourth-order valence-corrected chi connectivity index (χ4v) is 3.74. The van der Waals surface area contributed by atoms with E-state index in [1.54, 1.807) is 30.3 Å². The molecule has 4 rings (SSSR count). The van der Waals surface area contributed by atoms with E-state index in [2.05, 4.69) is 0 Å². The lowest BCUT2D eigenvalue weighted by molar-refractivity contribution is -0.386. The number of hydrogen-bond acceptors (Lipinski definition) is 8. The first kappa shape index (κ1) is 23.5. The molecule has 178 valence electrons. The van der Waals surface area contributed by atoms with Gasteiger partial charge in [-0.2, -0.15) is 0 Å². The molecule has 0 atom stereocenters. The van der Waals surface area contributed by atoms with Crippen molar-refractivity contribution in [2.75, 3.05) is 7.11 Å². The van der Waals surface area contributed by atoms with E-state index in [1.807, 2.05) is 0 Å². The van der Waals surface area contributed by atoms with Gasteiger partial charge < -0.3 is 19.0 Å². The highest BCUT2D eigenvalue weighted by molar-refractivity contribution is 5.90. The first-order valence-corrected chi connectivity index (χ1v) is 10.5. The molecule has 0 spiro atoms. The van der Waals surface area contributed by atoms with Gasteiger partial charge in [0.15, 0.2) is 0 Å². The molecule has 0 fully saturated rings. The maximum atomic E-state index is 13.1. The molecule has 9 nitrogen and oxygen atoms in total. The minimum Gasteiger partial charge on any atom is -0.507 e. The van der Waals surface area contributed by atoms with E-state index in [9.17, 15) is 24.8 Å². The average molecular weight is 475 g/mol. The van der Waals surface area contributed by atoms with Gasteiger partial charge in [0.1, 0.15) is 34.5 Å². The number of nitrogens with zero attached hydrogens (tertiary/aromatic N) is 1. The molecule has 3 aromatic carbocycles. The number of esters is 1. The van der Waals surface area contributed by atoms with E-state index in [-0.39, 0.29) is 33.5 Å². The molecule has 0 unspecified atom stereocenters. The molecule has 1 heterocycles. The summed E-state index contributed by atoms with van der Waals surface area (Å²) >= 11 is 0. The van der Waals surface area contributed by atoms with Crippen molar-refractivity contribution in [2.45, 2.75) is 19.3 Å². The first-order valence-electron chi connectivity index (χ1n) is 10.5. The lowest BCUT2D eigenvalue weighted by Gasteiger charge is -2.22. The van der Waals surface area contributed by atoms with Crippen LogP contribution in [0, 0.1) is 10.1 Å². The second-order valence-electron chi connectivity index (χ2n) is 8.31. The number of nitro benzene ring substituents is 1. The van der Waals surface area contributed by atoms with Crippen LogP contribution in [-0.4, -0.2) is 23.1 Å². The summed E-state index contributed by atoms with van der Waals surface area (Å²) in [6.07, 6.45) is 1.26. The van der Waals surface area contributed by atoms with Crippen molar-refractivity contribution in [2.24, 2.45) is 0 Å². The summed E-state index contributed by atoms with van der Waals surface area (Å²) in [6, 6.07) is 15.1. The molecule has 0 aliphatic carbocycles. The van der Waals surface area contributed by atoms with Crippen LogP contribution in [0.15, 0.2) is 76.1 Å². The number of carbonyl (C=O) groups excluding carboxylic acids is 1. The Morgan fingerprint density at radius 1 is 1.06 bits per heavy atom. The van der Waals surface area contributed by atoms with Crippen LogP contribution in [0.1, 0.15) is 19.4 Å². The van der Waals surface area contributed by atoms with Gasteiger partial charge in [0.05, 0.1) is 23.0 Å². The van der Waals surface area contributed by atoms with Crippen molar-refractivity contribution < 1.29 is 28.7 Å². The van der Waals surface area contributed by atoms with Gasteiger partial charge >= 0.3 is 5.97 Å². The van der Waals surface area contributed by atoms with Gasteiger partial charge in [0.2, 0.25) is 5.43 Å². The van der Waals surface area contributed by atoms with Crippen LogP contribution in [0.2, 0.25) is 0 Å². The van der Waals surface area contributed by atoms with Crippen molar-refractivity contribution in [3.05, 3.63) is 92.8 Å². The number of para-hydroxylation sites is 1. The molecule has 0 aliphatic heterocycles. The Balaban J connectivity index is 1.69. The lowest BCUT2D eigenvalue weighted by Crippen LogP contribution is -2.33. The van der Waals surface area contributed by atoms with Gasteiger partial charge in [0.25, 0.3) is 5.69 Å². The maximum absolute atomic E-state index is 13.1. The largest absolute Gasteiger partial charge is 0.507 e. The number of aromatic hydroxyl groups is 1. The monoisotopic (exact) mass is 475 g/mol. The smallest absolute Gasteiger partial charge is 0.321 e. The maximum Gasteiger partial charge on any atom is 0.321 e. The number of ether oxygens (including phenoxy) is 2. The van der Waals surface area contributed by atoms with Crippen LogP contribution < -0.4 is 14.9 Å². The Kier molecular flexibility index (Phi) is 6.00. The number of fused-ring (bicyclic) bond motifs is 1. The fraction of sp³-hybridized carbons (Fsp3) is 0.154. The van der Waals surface area contributed by atoms with E-state index in [0.717, 1.165) is 6.07 Å². The fourth-order valence-electron chi connectivity index (χ4n) is 3.74. The molecular weight excluding hydrogens is 454 g/mol. The number of phenolic OH excluding ortho intramolecular Hbond substituents is 1. The summed E-state index contributed by atoms with van der Waals surface area (Å²) in [5.74, 6) is -0.676. The molecule has 0 radical (unpaired) electrons. The third-order valence-corrected chi connectivity index (χ3v) is 5.73. The zero-order valence-electron chi connectivity index (χ0n) is 19.1. The average Bonchev–Trinajstić information content (AvgIpc) is 2.84.